The molecular weight excluding hydrogens is 312 g/mol. The molecule has 0 atom stereocenters. The van der Waals surface area contributed by atoms with Gasteiger partial charge in [0.15, 0.2) is 5.69 Å². The predicted octanol–water partition coefficient (Wildman–Crippen LogP) is 3.05. The minimum atomic E-state index is 0.177. The van der Waals surface area contributed by atoms with Crippen molar-refractivity contribution in [1.82, 2.24) is 9.88 Å². The lowest BCUT2D eigenvalue weighted by Gasteiger charge is -2.48. The minimum absolute atomic E-state index is 0.177. The summed E-state index contributed by atoms with van der Waals surface area (Å²) >= 11 is 5.96. The van der Waals surface area contributed by atoms with Gasteiger partial charge >= 0.3 is 0 Å². The fourth-order valence-corrected chi connectivity index (χ4v) is 3.87. The molecule has 1 aliphatic heterocycles. The van der Waals surface area contributed by atoms with Crippen LogP contribution in [0, 0.1) is 11.3 Å². The Hall–Kier alpha value is -1.35. The molecule has 2 aliphatic rings. The van der Waals surface area contributed by atoms with Crippen LogP contribution in [0.25, 0.3) is 0 Å². The molecule has 0 amide bonds. The van der Waals surface area contributed by atoms with Crippen LogP contribution >= 0.6 is 11.6 Å². The number of nitrogens with one attached hydrogen (secondary N) is 1. The Labute approximate surface area is 142 Å². The number of anilines is 1. The number of rotatable bonds is 4. The van der Waals surface area contributed by atoms with Gasteiger partial charge in [-0.2, -0.15) is 5.26 Å². The normalized spacial score (nSPS) is 21.6. The van der Waals surface area contributed by atoms with Crippen LogP contribution in [0.1, 0.15) is 37.8 Å². The molecule has 1 saturated heterocycles. The highest BCUT2D eigenvalue weighted by atomic mass is 35.5. The summed E-state index contributed by atoms with van der Waals surface area (Å²) in [4.78, 5) is 6.89. The number of nitriles is 1. The molecule has 0 radical (unpaired) electrons. The molecule has 0 aromatic carbocycles. The van der Waals surface area contributed by atoms with Crippen LogP contribution in [0.15, 0.2) is 12.1 Å². The molecule has 0 spiro atoms. The highest BCUT2D eigenvalue weighted by molar-refractivity contribution is 6.31. The van der Waals surface area contributed by atoms with Crippen LogP contribution in [0.4, 0.5) is 5.82 Å². The van der Waals surface area contributed by atoms with Crippen molar-refractivity contribution < 1.29 is 4.74 Å². The summed E-state index contributed by atoms with van der Waals surface area (Å²) in [5.74, 6) is 0.726. The van der Waals surface area contributed by atoms with Crippen molar-refractivity contribution in [3.8, 4) is 6.07 Å². The summed E-state index contributed by atoms with van der Waals surface area (Å²) in [6.07, 6.45) is 6.29. The third-order valence-corrected chi connectivity index (χ3v) is 5.32. The molecule has 0 unspecified atom stereocenters. The number of aromatic nitrogens is 1. The molecule has 3 rings (SSSR count). The van der Waals surface area contributed by atoms with E-state index in [2.05, 4.69) is 15.2 Å². The molecular formula is C17H23ClN4O. The van der Waals surface area contributed by atoms with Gasteiger partial charge in [0.05, 0.1) is 18.2 Å². The summed E-state index contributed by atoms with van der Waals surface area (Å²) in [5, 5.41) is 12.9. The van der Waals surface area contributed by atoms with Gasteiger partial charge in [-0.3, -0.25) is 4.90 Å². The second kappa shape index (κ2) is 7.48. The van der Waals surface area contributed by atoms with Gasteiger partial charge in [0.2, 0.25) is 0 Å². The Balaban J connectivity index is 1.72. The zero-order valence-corrected chi connectivity index (χ0v) is 14.1. The fraction of sp³-hybridized carbons (Fsp3) is 0.647. The van der Waals surface area contributed by atoms with Gasteiger partial charge in [-0.05, 0) is 25.0 Å². The first-order chi connectivity index (χ1) is 11.2. The van der Waals surface area contributed by atoms with Crippen LogP contribution in [0.3, 0.4) is 0 Å². The Kier molecular flexibility index (Phi) is 5.37. The Morgan fingerprint density at radius 2 is 2.00 bits per heavy atom. The second-order valence-electron chi connectivity index (χ2n) is 6.38. The van der Waals surface area contributed by atoms with Gasteiger partial charge in [-0.15, -0.1) is 0 Å². The van der Waals surface area contributed by atoms with E-state index in [9.17, 15) is 0 Å². The molecule has 2 fully saturated rings. The molecule has 2 heterocycles. The van der Waals surface area contributed by atoms with E-state index in [1.54, 1.807) is 6.07 Å². The molecule has 0 bridgehead atoms. The number of hydrogen-bond donors (Lipinski definition) is 1. The second-order valence-corrected chi connectivity index (χ2v) is 6.78. The van der Waals surface area contributed by atoms with E-state index in [1.807, 2.05) is 12.1 Å². The maximum absolute atomic E-state index is 9.07. The SMILES string of the molecule is N#Cc1nc(NCC2(N3CCOCC3)CCCCC2)ccc1Cl. The average molecular weight is 335 g/mol. The standard InChI is InChI=1S/C17H23ClN4O/c18-14-4-5-16(21-15(14)12-19)20-13-17(6-2-1-3-7-17)22-8-10-23-11-9-22/h4-5H,1-3,6-11,13H2,(H,20,21). The Morgan fingerprint density at radius 1 is 1.26 bits per heavy atom. The van der Waals surface area contributed by atoms with E-state index in [0.717, 1.165) is 38.7 Å². The predicted molar refractivity (Wildman–Crippen MR) is 90.7 cm³/mol. The molecule has 23 heavy (non-hydrogen) atoms. The van der Waals surface area contributed by atoms with Crippen molar-refractivity contribution in [1.29, 1.82) is 5.26 Å². The van der Waals surface area contributed by atoms with Gasteiger partial charge in [0.25, 0.3) is 0 Å². The summed E-state index contributed by atoms with van der Waals surface area (Å²) in [7, 11) is 0. The first-order valence-electron chi connectivity index (χ1n) is 8.37. The van der Waals surface area contributed by atoms with Crippen molar-refractivity contribution in [3.63, 3.8) is 0 Å². The van der Waals surface area contributed by atoms with Gasteiger partial charge in [0.1, 0.15) is 11.9 Å². The molecule has 1 saturated carbocycles. The van der Waals surface area contributed by atoms with Gasteiger partial charge < -0.3 is 10.1 Å². The number of morpholine rings is 1. The lowest BCUT2D eigenvalue weighted by molar-refractivity contribution is -0.0318. The zero-order valence-electron chi connectivity index (χ0n) is 13.4. The number of nitrogens with zero attached hydrogens (tertiary/aromatic N) is 3. The lowest BCUT2D eigenvalue weighted by Crippen LogP contribution is -2.58. The Morgan fingerprint density at radius 3 is 2.70 bits per heavy atom. The average Bonchev–Trinajstić information content (AvgIpc) is 2.62. The van der Waals surface area contributed by atoms with E-state index in [0.29, 0.717) is 5.02 Å². The van der Waals surface area contributed by atoms with Crippen molar-refractivity contribution in [2.75, 3.05) is 38.2 Å². The summed E-state index contributed by atoms with van der Waals surface area (Å²) in [6.45, 7) is 4.49. The van der Waals surface area contributed by atoms with Crippen LogP contribution in [-0.4, -0.2) is 48.3 Å². The first kappa shape index (κ1) is 16.5. The van der Waals surface area contributed by atoms with Crippen LogP contribution in [-0.2, 0) is 4.74 Å². The maximum Gasteiger partial charge on any atom is 0.161 e. The van der Waals surface area contributed by atoms with Crippen molar-refractivity contribution >= 4 is 17.4 Å². The van der Waals surface area contributed by atoms with Gasteiger partial charge in [-0.1, -0.05) is 30.9 Å². The molecule has 1 aromatic heterocycles. The molecule has 1 aliphatic carbocycles. The smallest absolute Gasteiger partial charge is 0.161 e. The van der Waals surface area contributed by atoms with Gasteiger partial charge in [-0.25, -0.2) is 4.98 Å². The number of ether oxygens (including phenoxy) is 1. The summed E-state index contributed by atoms with van der Waals surface area (Å²) in [6, 6.07) is 5.62. The van der Waals surface area contributed by atoms with Crippen molar-refractivity contribution in [2.24, 2.45) is 0 Å². The third kappa shape index (κ3) is 3.77. The van der Waals surface area contributed by atoms with E-state index in [4.69, 9.17) is 21.6 Å². The van der Waals surface area contributed by atoms with E-state index < -0.39 is 0 Å². The molecule has 6 heteroatoms. The van der Waals surface area contributed by atoms with E-state index in [1.165, 1.54) is 32.1 Å². The number of hydrogen-bond acceptors (Lipinski definition) is 5. The molecule has 5 nitrogen and oxygen atoms in total. The third-order valence-electron chi connectivity index (χ3n) is 5.02. The molecule has 124 valence electrons. The topological polar surface area (TPSA) is 61.2 Å². The van der Waals surface area contributed by atoms with Gasteiger partial charge in [0, 0.05) is 25.2 Å². The van der Waals surface area contributed by atoms with Crippen molar-refractivity contribution in [2.45, 2.75) is 37.6 Å². The zero-order chi connectivity index (χ0) is 16.1. The Bertz CT molecular complexity index is 574. The highest BCUT2D eigenvalue weighted by Crippen LogP contribution is 2.34. The van der Waals surface area contributed by atoms with E-state index in [-0.39, 0.29) is 11.2 Å². The highest BCUT2D eigenvalue weighted by Gasteiger charge is 2.38. The fourth-order valence-electron chi connectivity index (χ4n) is 3.73. The summed E-state index contributed by atoms with van der Waals surface area (Å²) in [5.41, 5.74) is 0.455. The van der Waals surface area contributed by atoms with E-state index >= 15 is 0 Å². The van der Waals surface area contributed by atoms with Crippen molar-refractivity contribution in [3.05, 3.63) is 22.8 Å². The lowest BCUT2D eigenvalue weighted by atomic mass is 9.79. The summed E-state index contributed by atoms with van der Waals surface area (Å²) < 4.78 is 5.52. The maximum atomic E-state index is 9.07. The number of pyridine rings is 1. The monoisotopic (exact) mass is 334 g/mol. The van der Waals surface area contributed by atoms with Crippen LogP contribution in [0.5, 0.6) is 0 Å². The first-order valence-corrected chi connectivity index (χ1v) is 8.75. The number of halogens is 1. The molecule has 1 aromatic rings. The largest absolute Gasteiger partial charge is 0.379 e. The quantitative estimate of drug-likeness (QED) is 0.917. The van der Waals surface area contributed by atoms with Crippen LogP contribution in [0.2, 0.25) is 5.02 Å². The molecule has 1 N–H and O–H groups in total. The van der Waals surface area contributed by atoms with Crippen LogP contribution < -0.4 is 5.32 Å². The minimum Gasteiger partial charge on any atom is -0.379 e.